The average molecular weight is 499 g/mol. The number of nitrogen functional groups attached to an aromatic ring is 1. The van der Waals surface area contributed by atoms with Crippen LogP contribution < -0.4 is 16.7 Å². The lowest BCUT2D eigenvalue weighted by molar-refractivity contribution is -0.0700. The SMILES string of the molecule is Nc1ccn(C2OC(CO[P+]3(O)OC[C@H](NC(=O)O)[C@@H](c4ccccc4)O3)C(O)C2O)c(=O)n1. The van der Waals surface area contributed by atoms with Gasteiger partial charge in [-0.1, -0.05) is 30.3 Å². The molecule has 4 rings (SSSR count). The number of rotatable bonds is 6. The second-order valence-electron chi connectivity index (χ2n) is 7.64. The summed E-state index contributed by atoms with van der Waals surface area (Å²) < 4.78 is 23.0. The molecule has 1 aromatic heterocycles. The van der Waals surface area contributed by atoms with Gasteiger partial charge in [-0.05, 0) is 11.6 Å². The fourth-order valence-corrected chi connectivity index (χ4v) is 5.11. The summed E-state index contributed by atoms with van der Waals surface area (Å²) in [6.07, 6.45) is -6.36. The Morgan fingerprint density at radius 2 is 2.00 bits per heavy atom. The van der Waals surface area contributed by atoms with E-state index in [2.05, 4.69) is 10.3 Å². The second kappa shape index (κ2) is 9.90. The maximum Gasteiger partial charge on any atom is 0.573 e. The molecule has 2 aliphatic heterocycles. The molecule has 1 aromatic carbocycles. The lowest BCUT2D eigenvalue weighted by Crippen LogP contribution is -2.45. The van der Waals surface area contributed by atoms with Crippen LogP contribution in [0.5, 0.6) is 0 Å². The average Bonchev–Trinajstić information content (AvgIpc) is 3.08. The van der Waals surface area contributed by atoms with Crippen LogP contribution in [-0.2, 0) is 18.3 Å². The Hall–Kier alpha value is -2.68. The van der Waals surface area contributed by atoms with E-state index in [0.29, 0.717) is 5.56 Å². The molecule has 2 aromatic rings. The molecule has 0 bridgehead atoms. The number of ether oxygens (including phenoxy) is 1. The van der Waals surface area contributed by atoms with E-state index in [4.69, 9.17) is 29.1 Å². The van der Waals surface area contributed by atoms with Crippen molar-refractivity contribution in [1.29, 1.82) is 0 Å². The molecule has 2 aliphatic rings. The van der Waals surface area contributed by atoms with Crippen LogP contribution in [0.1, 0.15) is 17.9 Å². The molecular formula is C19H24N4O10P+. The first kappa shape index (κ1) is 24.4. The third kappa shape index (κ3) is 5.19. The number of aliphatic hydroxyl groups excluding tert-OH is 2. The molecule has 14 nitrogen and oxygen atoms in total. The zero-order chi connectivity index (χ0) is 24.5. The van der Waals surface area contributed by atoms with Crippen molar-refractivity contribution >= 4 is 20.1 Å². The van der Waals surface area contributed by atoms with Crippen molar-refractivity contribution in [2.75, 3.05) is 18.9 Å². The summed E-state index contributed by atoms with van der Waals surface area (Å²) in [5, 5.41) is 32.1. The first-order chi connectivity index (χ1) is 16.2. The van der Waals surface area contributed by atoms with Gasteiger partial charge in [0.25, 0.3) is 0 Å². The number of carboxylic acid groups (broad SMARTS) is 1. The minimum absolute atomic E-state index is 0.0172. The van der Waals surface area contributed by atoms with Crippen molar-refractivity contribution in [3.05, 3.63) is 58.6 Å². The zero-order valence-corrected chi connectivity index (χ0v) is 18.5. The van der Waals surface area contributed by atoms with E-state index >= 15 is 0 Å². The molecule has 0 spiro atoms. The van der Waals surface area contributed by atoms with Crippen molar-refractivity contribution in [2.45, 2.75) is 36.7 Å². The van der Waals surface area contributed by atoms with Gasteiger partial charge in [0.15, 0.2) is 12.3 Å². The third-order valence-electron chi connectivity index (χ3n) is 5.33. The molecule has 0 saturated carbocycles. The van der Waals surface area contributed by atoms with Crippen LogP contribution in [0.2, 0.25) is 0 Å². The molecule has 2 fully saturated rings. The van der Waals surface area contributed by atoms with E-state index in [1.54, 1.807) is 30.3 Å². The van der Waals surface area contributed by atoms with Crippen LogP contribution in [0.15, 0.2) is 47.4 Å². The predicted molar refractivity (Wildman–Crippen MR) is 115 cm³/mol. The molecule has 184 valence electrons. The van der Waals surface area contributed by atoms with E-state index < -0.39 is 63.2 Å². The lowest BCUT2D eigenvalue weighted by Gasteiger charge is -2.32. The van der Waals surface area contributed by atoms with Gasteiger partial charge in [0.05, 0.1) is 6.04 Å². The first-order valence-electron chi connectivity index (χ1n) is 10.2. The van der Waals surface area contributed by atoms with E-state index in [-0.39, 0.29) is 12.4 Å². The summed E-state index contributed by atoms with van der Waals surface area (Å²) in [5.41, 5.74) is 5.26. The summed E-state index contributed by atoms with van der Waals surface area (Å²) in [7, 11) is -3.98. The van der Waals surface area contributed by atoms with Crippen molar-refractivity contribution in [1.82, 2.24) is 14.9 Å². The van der Waals surface area contributed by atoms with Crippen LogP contribution in [0, 0.1) is 0 Å². The Balaban J connectivity index is 1.45. The van der Waals surface area contributed by atoms with Crippen LogP contribution in [-0.4, -0.2) is 73.4 Å². The van der Waals surface area contributed by atoms with E-state index in [1.807, 2.05) is 0 Å². The van der Waals surface area contributed by atoms with Crippen LogP contribution in [0.3, 0.4) is 0 Å². The Morgan fingerprint density at radius 3 is 2.68 bits per heavy atom. The number of nitrogens with zero attached hydrogens (tertiary/aromatic N) is 2. The van der Waals surface area contributed by atoms with E-state index in [0.717, 1.165) is 4.57 Å². The third-order valence-corrected chi connectivity index (χ3v) is 6.78. The van der Waals surface area contributed by atoms with Crippen molar-refractivity contribution in [3.8, 4) is 0 Å². The second-order valence-corrected chi connectivity index (χ2v) is 9.31. The summed E-state index contributed by atoms with van der Waals surface area (Å²) >= 11 is 0. The fraction of sp³-hybridized carbons (Fsp3) is 0.421. The highest BCUT2D eigenvalue weighted by Gasteiger charge is 2.56. The number of aromatic nitrogens is 2. The monoisotopic (exact) mass is 499 g/mol. The lowest BCUT2D eigenvalue weighted by atomic mass is 10.0. The maximum atomic E-state index is 12.1. The summed E-state index contributed by atoms with van der Waals surface area (Å²) in [5.74, 6) is -0.0172. The maximum absolute atomic E-state index is 12.1. The minimum atomic E-state index is -3.98. The Bertz CT molecular complexity index is 1070. The molecule has 1 amide bonds. The molecule has 3 heterocycles. The van der Waals surface area contributed by atoms with Crippen molar-refractivity contribution in [2.24, 2.45) is 0 Å². The van der Waals surface area contributed by atoms with Gasteiger partial charge in [-0.25, -0.2) is 9.59 Å². The molecule has 15 heteroatoms. The van der Waals surface area contributed by atoms with E-state index in [9.17, 15) is 24.7 Å². The Labute approximate surface area is 193 Å². The summed E-state index contributed by atoms with van der Waals surface area (Å²) in [6.45, 7) is -0.712. The van der Waals surface area contributed by atoms with Gasteiger partial charge >= 0.3 is 20.0 Å². The molecule has 5 unspecified atom stereocenters. The molecule has 2 saturated heterocycles. The van der Waals surface area contributed by atoms with Gasteiger partial charge < -0.3 is 31.1 Å². The highest BCUT2D eigenvalue weighted by Crippen LogP contribution is 2.64. The number of hydrogen-bond acceptors (Lipinski definition) is 11. The molecular weight excluding hydrogens is 475 g/mol. The molecule has 7 atom stereocenters. The highest BCUT2D eigenvalue weighted by atomic mass is 31.2. The van der Waals surface area contributed by atoms with Gasteiger partial charge in [-0.3, -0.25) is 4.57 Å². The minimum Gasteiger partial charge on any atom is -0.465 e. The van der Waals surface area contributed by atoms with Gasteiger partial charge in [0.1, 0.15) is 37.3 Å². The first-order valence-corrected chi connectivity index (χ1v) is 11.7. The highest BCUT2D eigenvalue weighted by molar-refractivity contribution is 7.55. The Morgan fingerprint density at radius 1 is 1.26 bits per heavy atom. The smallest absolute Gasteiger partial charge is 0.465 e. The number of anilines is 1. The standard InChI is InChI=1S/C19H23N4O10P/c20-13-6-7-23(18(26)22-13)17-15(25)14(24)12(32-17)9-31-34(29)30-8-11(21-19(27)28)16(33-34)10-4-2-1-3-5-10/h1-7,11-12,14-17,21,24-25,29H,8-9H2,(H2-,20,22,26,27,28)/p+1/t11-,12?,14?,15?,16+,17?,34?/m0/s1. The zero-order valence-electron chi connectivity index (χ0n) is 17.6. The predicted octanol–water partition coefficient (Wildman–Crippen LogP) is -0.445. The summed E-state index contributed by atoms with van der Waals surface area (Å²) in [4.78, 5) is 37.6. The van der Waals surface area contributed by atoms with Crippen LogP contribution in [0.25, 0.3) is 0 Å². The number of amides is 1. The Kier molecular flexibility index (Phi) is 7.12. The number of benzene rings is 1. The molecule has 34 heavy (non-hydrogen) atoms. The topological polar surface area (TPSA) is 208 Å². The molecule has 7 N–H and O–H groups in total. The van der Waals surface area contributed by atoms with Crippen LogP contribution in [0.4, 0.5) is 10.6 Å². The number of carbonyl (C=O) groups is 1. The largest absolute Gasteiger partial charge is 0.573 e. The number of nitrogens with one attached hydrogen (secondary N) is 1. The van der Waals surface area contributed by atoms with Gasteiger partial charge in [0, 0.05) is 6.20 Å². The molecule has 0 radical (unpaired) electrons. The summed E-state index contributed by atoms with van der Waals surface area (Å²) in [6, 6.07) is 9.11. The normalized spacial score (nSPS) is 33.5. The fourth-order valence-electron chi connectivity index (χ4n) is 3.67. The van der Waals surface area contributed by atoms with Gasteiger partial charge in [0.2, 0.25) is 0 Å². The molecule has 0 aliphatic carbocycles. The van der Waals surface area contributed by atoms with Crippen molar-refractivity contribution in [3.63, 3.8) is 0 Å². The van der Waals surface area contributed by atoms with Gasteiger partial charge in [-0.2, -0.15) is 18.9 Å². The quantitative estimate of drug-likeness (QED) is 0.280. The number of hydrogen-bond donors (Lipinski definition) is 6. The number of nitrogens with two attached hydrogens (primary N) is 1. The van der Waals surface area contributed by atoms with Crippen molar-refractivity contribution < 1.29 is 43.3 Å². The van der Waals surface area contributed by atoms with E-state index in [1.165, 1.54) is 12.3 Å². The number of aliphatic hydroxyl groups is 2. The van der Waals surface area contributed by atoms with Crippen LogP contribution >= 0.6 is 8.17 Å². The van der Waals surface area contributed by atoms with Gasteiger partial charge in [-0.15, -0.1) is 4.52 Å².